The summed E-state index contributed by atoms with van der Waals surface area (Å²) in [6.07, 6.45) is 6.58. The van der Waals surface area contributed by atoms with E-state index in [1.54, 1.807) is 0 Å². The van der Waals surface area contributed by atoms with Crippen LogP contribution in [-0.4, -0.2) is 7.05 Å². The minimum absolute atomic E-state index is 0.583. The maximum Gasteiger partial charge on any atom is 0.0411 e. The number of nitrogens with one attached hydrogen (secondary N) is 1. The molecule has 1 unspecified atom stereocenters. The van der Waals surface area contributed by atoms with Crippen molar-refractivity contribution in [2.45, 2.75) is 20.8 Å². The average molecular weight is 305 g/mol. The zero-order valence-corrected chi connectivity index (χ0v) is 14.6. The van der Waals surface area contributed by atoms with E-state index in [0.29, 0.717) is 11.8 Å². The first kappa shape index (κ1) is 17.1. The molecule has 0 heterocycles. The van der Waals surface area contributed by atoms with Gasteiger partial charge in [-0.1, -0.05) is 81.5 Å². The minimum Gasteiger partial charge on any atom is -0.388 e. The molecule has 1 N–H and O–H groups in total. The second-order valence-corrected chi connectivity index (χ2v) is 6.27. The molecule has 0 aliphatic heterocycles. The van der Waals surface area contributed by atoms with E-state index in [4.69, 9.17) is 0 Å². The maximum absolute atomic E-state index is 3.31. The second kappa shape index (κ2) is 8.38. The summed E-state index contributed by atoms with van der Waals surface area (Å²) in [7, 11) is 1.97. The van der Waals surface area contributed by atoms with Gasteiger partial charge in [0.1, 0.15) is 0 Å². The molecule has 23 heavy (non-hydrogen) atoms. The number of allylic oxidation sites excluding steroid dienone is 3. The SMILES string of the molecule is CN/C(=C\C=C/C(C)C(C)C)c1cccc(-c2ccccc2)c1. The Hall–Kier alpha value is -2.28. The van der Waals surface area contributed by atoms with E-state index >= 15 is 0 Å². The van der Waals surface area contributed by atoms with Gasteiger partial charge in [0.25, 0.3) is 0 Å². The highest BCUT2D eigenvalue weighted by Crippen LogP contribution is 2.23. The zero-order valence-electron chi connectivity index (χ0n) is 14.6. The van der Waals surface area contributed by atoms with Gasteiger partial charge in [0.15, 0.2) is 0 Å². The van der Waals surface area contributed by atoms with Gasteiger partial charge in [-0.3, -0.25) is 0 Å². The van der Waals surface area contributed by atoms with Crippen molar-refractivity contribution in [3.63, 3.8) is 0 Å². The van der Waals surface area contributed by atoms with Crippen LogP contribution in [0.1, 0.15) is 26.3 Å². The number of hydrogen-bond donors (Lipinski definition) is 1. The Morgan fingerprint density at radius 2 is 1.61 bits per heavy atom. The van der Waals surface area contributed by atoms with Gasteiger partial charge in [0.05, 0.1) is 0 Å². The van der Waals surface area contributed by atoms with Crippen molar-refractivity contribution >= 4 is 5.70 Å². The van der Waals surface area contributed by atoms with Gasteiger partial charge in [-0.05, 0) is 40.7 Å². The summed E-state index contributed by atoms with van der Waals surface area (Å²) in [5, 5.41) is 3.31. The molecule has 0 amide bonds. The first-order valence-electron chi connectivity index (χ1n) is 8.34. The summed E-state index contributed by atoms with van der Waals surface area (Å²) < 4.78 is 0. The molecule has 0 radical (unpaired) electrons. The summed E-state index contributed by atoms with van der Waals surface area (Å²) in [5.74, 6) is 1.25. The highest BCUT2D eigenvalue weighted by Gasteiger charge is 2.03. The Morgan fingerprint density at radius 1 is 0.913 bits per heavy atom. The molecule has 1 heteroatoms. The van der Waals surface area contributed by atoms with Crippen molar-refractivity contribution in [3.8, 4) is 11.1 Å². The topological polar surface area (TPSA) is 12.0 Å². The summed E-state index contributed by atoms with van der Waals surface area (Å²) in [5.41, 5.74) is 4.82. The molecule has 1 atom stereocenters. The van der Waals surface area contributed by atoms with E-state index in [-0.39, 0.29) is 0 Å². The monoisotopic (exact) mass is 305 g/mol. The smallest absolute Gasteiger partial charge is 0.0411 e. The third-order valence-corrected chi connectivity index (χ3v) is 4.28. The largest absolute Gasteiger partial charge is 0.388 e. The number of benzene rings is 2. The van der Waals surface area contributed by atoms with Gasteiger partial charge in [0, 0.05) is 12.7 Å². The van der Waals surface area contributed by atoms with Crippen LogP contribution >= 0.6 is 0 Å². The van der Waals surface area contributed by atoms with Crippen LogP contribution in [0.3, 0.4) is 0 Å². The normalized spacial score (nSPS) is 13.5. The van der Waals surface area contributed by atoms with Crippen LogP contribution in [0.5, 0.6) is 0 Å². The fourth-order valence-corrected chi connectivity index (χ4v) is 2.37. The van der Waals surface area contributed by atoms with Crippen LogP contribution in [0.2, 0.25) is 0 Å². The molecule has 120 valence electrons. The van der Waals surface area contributed by atoms with Gasteiger partial charge in [-0.2, -0.15) is 0 Å². The van der Waals surface area contributed by atoms with Crippen LogP contribution < -0.4 is 5.32 Å². The molecule has 0 saturated carbocycles. The van der Waals surface area contributed by atoms with Crippen molar-refractivity contribution in [1.82, 2.24) is 5.32 Å². The molecular weight excluding hydrogens is 278 g/mol. The predicted molar refractivity (Wildman–Crippen MR) is 102 cm³/mol. The molecule has 2 rings (SSSR count). The Balaban J connectivity index is 2.25. The first-order valence-corrected chi connectivity index (χ1v) is 8.34. The maximum atomic E-state index is 3.31. The molecule has 0 bridgehead atoms. The molecular formula is C22H27N. The minimum atomic E-state index is 0.583. The fraction of sp³-hybridized carbons (Fsp3) is 0.273. The van der Waals surface area contributed by atoms with E-state index in [1.165, 1.54) is 16.7 Å². The third-order valence-electron chi connectivity index (χ3n) is 4.28. The lowest BCUT2D eigenvalue weighted by Gasteiger charge is -2.10. The number of rotatable bonds is 6. The highest BCUT2D eigenvalue weighted by atomic mass is 14.8. The molecule has 0 fully saturated rings. The van der Waals surface area contributed by atoms with Crippen LogP contribution in [0.4, 0.5) is 0 Å². The van der Waals surface area contributed by atoms with Crippen molar-refractivity contribution < 1.29 is 0 Å². The standard InChI is InChI=1S/C22H27N/c1-17(2)18(3)10-8-15-22(23-4)21-14-9-13-20(16-21)19-11-6-5-7-12-19/h5-18,23H,1-4H3/b10-8-,22-15-. The quantitative estimate of drug-likeness (QED) is 0.669. The van der Waals surface area contributed by atoms with Crippen molar-refractivity contribution in [3.05, 3.63) is 78.4 Å². The van der Waals surface area contributed by atoms with Crippen LogP contribution in [-0.2, 0) is 0 Å². The summed E-state index contributed by atoms with van der Waals surface area (Å²) in [6.45, 7) is 6.76. The molecule has 0 spiro atoms. The van der Waals surface area contributed by atoms with E-state index < -0.39 is 0 Å². The van der Waals surface area contributed by atoms with E-state index in [2.05, 4.69) is 92.8 Å². The number of hydrogen-bond acceptors (Lipinski definition) is 1. The first-order chi connectivity index (χ1) is 11.1. The molecule has 0 aliphatic carbocycles. The Labute approximate surface area is 140 Å². The van der Waals surface area contributed by atoms with Gasteiger partial charge >= 0.3 is 0 Å². The Kier molecular flexibility index (Phi) is 6.22. The lowest BCUT2D eigenvalue weighted by atomic mass is 9.97. The van der Waals surface area contributed by atoms with Crippen LogP contribution in [0.15, 0.2) is 72.8 Å². The lowest BCUT2D eigenvalue weighted by Crippen LogP contribution is -2.04. The molecule has 0 aromatic heterocycles. The molecule has 0 aliphatic rings. The van der Waals surface area contributed by atoms with Crippen molar-refractivity contribution in [1.29, 1.82) is 0 Å². The van der Waals surface area contributed by atoms with Gasteiger partial charge in [-0.15, -0.1) is 0 Å². The molecule has 0 saturated heterocycles. The average Bonchev–Trinajstić information content (AvgIpc) is 2.59. The highest BCUT2D eigenvalue weighted by molar-refractivity contribution is 5.72. The van der Waals surface area contributed by atoms with E-state index in [1.807, 2.05) is 13.1 Å². The Morgan fingerprint density at radius 3 is 2.26 bits per heavy atom. The lowest BCUT2D eigenvalue weighted by molar-refractivity contribution is 0.504. The van der Waals surface area contributed by atoms with Crippen molar-refractivity contribution in [2.75, 3.05) is 7.05 Å². The van der Waals surface area contributed by atoms with E-state index in [9.17, 15) is 0 Å². The third kappa shape index (κ3) is 4.85. The van der Waals surface area contributed by atoms with Gasteiger partial charge in [-0.25, -0.2) is 0 Å². The van der Waals surface area contributed by atoms with E-state index in [0.717, 1.165) is 5.70 Å². The molecule has 2 aromatic carbocycles. The van der Waals surface area contributed by atoms with Crippen LogP contribution in [0, 0.1) is 11.8 Å². The Bertz CT molecular complexity index is 665. The summed E-state index contributed by atoms with van der Waals surface area (Å²) >= 11 is 0. The van der Waals surface area contributed by atoms with Gasteiger partial charge < -0.3 is 5.32 Å². The predicted octanol–water partition coefficient (Wildman–Crippen LogP) is 5.76. The summed E-state index contributed by atoms with van der Waals surface area (Å²) in [6, 6.07) is 19.1. The van der Waals surface area contributed by atoms with Gasteiger partial charge in [0.2, 0.25) is 0 Å². The summed E-state index contributed by atoms with van der Waals surface area (Å²) in [4.78, 5) is 0. The molecule has 2 aromatic rings. The molecule has 1 nitrogen and oxygen atoms in total. The van der Waals surface area contributed by atoms with Crippen LogP contribution in [0.25, 0.3) is 16.8 Å². The van der Waals surface area contributed by atoms with Crippen molar-refractivity contribution in [2.24, 2.45) is 11.8 Å². The second-order valence-electron chi connectivity index (χ2n) is 6.27. The fourth-order valence-electron chi connectivity index (χ4n) is 2.37. The zero-order chi connectivity index (χ0) is 16.7.